The van der Waals surface area contributed by atoms with Crippen molar-refractivity contribution in [3.05, 3.63) is 73.4 Å². The summed E-state index contributed by atoms with van der Waals surface area (Å²) in [6.07, 6.45) is 9.12. The van der Waals surface area contributed by atoms with Crippen molar-refractivity contribution >= 4 is 33.7 Å². The van der Waals surface area contributed by atoms with Gasteiger partial charge in [-0.3, -0.25) is 19.9 Å². The van der Waals surface area contributed by atoms with E-state index in [0.717, 1.165) is 38.7 Å². The molecule has 5 aromatic heterocycles. The van der Waals surface area contributed by atoms with Gasteiger partial charge in [0.05, 0.1) is 22.9 Å². The van der Waals surface area contributed by atoms with E-state index in [1.807, 2.05) is 55.6 Å². The number of aromatic nitrogens is 7. The molecule has 0 aliphatic heterocycles. The van der Waals surface area contributed by atoms with E-state index in [4.69, 9.17) is 4.98 Å². The van der Waals surface area contributed by atoms with E-state index in [0.29, 0.717) is 29.3 Å². The van der Waals surface area contributed by atoms with Crippen molar-refractivity contribution in [1.82, 2.24) is 35.1 Å². The smallest absolute Gasteiger partial charge is 0.224 e. The maximum atomic E-state index is 11.8. The van der Waals surface area contributed by atoms with E-state index in [1.54, 1.807) is 24.8 Å². The highest BCUT2D eigenvalue weighted by Gasteiger charge is 2.16. The molecule has 9 nitrogen and oxygen atoms in total. The Morgan fingerprint density at radius 2 is 1.89 bits per heavy atom. The van der Waals surface area contributed by atoms with Gasteiger partial charge in [0.2, 0.25) is 5.91 Å². The quantitative estimate of drug-likeness (QED) is 0.333. The fourth-order valence-electron chi connectivity index (χ4n) is 4.08. The molecule has 0 radical (unpaired) electrons. The van der Waals surface area contributed by atoms with Gasteiger partial charge in [-0.2, -0.15) is 5.10 Å². The van der Waals surface area contributed by atoms with E-state index in [9.17, 15) is 4.79 Å². The second-order valence-electron chi connectivity index (χ2n) is 8.08. The largest absolute Gasteiger partial charge is 0.335 e. The number of nitrogens with one attached hydrogen (secondary N) is 3. The molecule has 6 rings (SSSR count). The second-order valence-corrected chi connectivity index (χ2v) is 8.08. The Balaban J connectivity index is 1.43. The Morgan fingerprint density at radius 1 is 0.971 bits per heavy atom. The lowest BCUT2D eigenvalue weighted by Crippen LogP contribution is -2.09. The zero-order chi connectivity index (χ0) is 23.8. The monoisotopic (exact) mass is 460 g/mol. The first-order valence-electron chi connectivity index (χ1n) is 11.2. The summed E-state index contributed by atoms with van der Waals surface area (Å²) in [5, 5.41) is 11.4. The highest BCUT2D eigenvalue weighted by Crippen LogP contribution is 2.32. The highest BCUT2D eigenvalue weighted by atomic mass is 16.1. The molecular weight excluding hydrogens is 440 g/mol. The lowest BCUT2D eigenvalue weighted by Gasteiger charge is -2.06. The van der Waals surface area contributed by atoms with E-state index in [2.05, 4.69) is 35.5 Å². The zero-order valence-electron chi connectivity index (χ0n) is 18.8. The average molecular weight is 461 g/mol. The Morgan fingerprint density at radius 3 is 2.74 bits per heavy atom. The number of nitrogens with zero attached hydrogens (tertiary/aromatic N) is 5. The predicted octanol–water partition coefficient (Wildman–Crippen LogP) is 4.97. The molecule has 0 spiro atoms. The van der Waals surface area contributed by atoms with Gasteiger partial charge in [0.1, 0.15) is 5.69 Å². The number of benzene rings is 1. The maximum Gasteiger partial charge on any atom is 0.224 e. The molecule has 0 atom stereocenters. The van der Waals surface area contributed by atoms with Gasteiger partial charge >= 0.3 is 0 Å². The number of pyridine rings is 3. The van der Waals surface area contributed by atoms with Crippen LogP contribution in [0.5, 0.6) is 0 Å². The minimum atomic E-state index is -0.0549. The van der Waals surface area contributed by atoms with Crippen LogP contribution in [-0.2, 0) is 4.79 Å². The van der Waals surface area contributed by atoms with Crippen LogP contribution in [0, 0.1) is 0 Å². The average Bonchev–Trinajstić information content (AvgIpc) is 3.53. The Bertz CT molecular complexity index is 1690. The summed E-state index contributed by atoms with van der Waals surface area (Å²) in [5.74, 6) is 0.565. The number of H-pyrrole nitrogens is 2. The summed E-state index contributed by atoms with van der Waals surface area (Å²) in [6.45, 7) is 1.81. The van der Waals surface area contributed by atoms with Crippen LogP contribution in [0.15, 0.2) is 73.4 Å². The number of carbonyl (C=O) groups is 1. The van der Waals surface area contributed by atoms with Gasteiger partial charge in [0.15, 0.2) is 11.5 Å². The van der Waals surface area contributed by atoms with Gasteiger partial charge in [0.25, 0.3) is 0 Å². The van der Waals surface area contributed by atoms with Crippen molar-refractivity contribution in [2.45, 2.75) is 13.3 Å². The predicted molar refractivity (Wildman–Crippen MR) is 134 cm³/mol. The summed E-state index contributed by atoms with van der Waals surface area (Å²) in [4.78, 5) is 32.9. The van der Waals surface area contributed by atoms with Crippen LogP contribution in [-0.4, -0.2) is 41.0 Å². The van der Waals surface area contributed by atoms with Crippen LogP contribution in [0.2, 0.25) is 0 Å². The van der Waals surface area contributed by atoms with Crippen molar-refractivity contribution in [2.75, 3.05) is 5.32 Å². The Kier molecular flexibility index (Phi) is 4.99. The van der Waals surface area contributed by atoms with Crippen LogP contribution >= 0.6 is 0 Å². The summed E-state index contributed by atoms with van der Waals surface area (Å²) in [7, 11) is 0. The number of imidazole rings is 1. The van der Waals surface area contributed by atoms with Gasteiger partial charge < -0.3 is 10.3 Å². The summed E-state index contributed by atoms with van der Waals surface area (Å²) in [5.41, 5.74) is 7.46. The molecule has 0 aliphatic rings. The number of hydrogen-bond donors (Lipinski definition) is 3. The summed E-state index contributed by atoms with van der Waals surface area (Å²) in [6, 6.07) is 13.8. The lowest BCUT2D eigenvalue weighted by atomic mass is 10.0. The Labute approximate surface area is 199 Å². The molecule has 1 amide bonds. The SMILES string of the molecule is CCC(=O)Nc1cncc(-c2ccc3[nH]nc(-c4nc5nccc(-c6cccnc6)c5[nH]4)c3c2)c1. The fourth-order valence-corrected chi connectivity index (χ4v) is 4.08. The van der Waals surface area contributed by atoms with Gasteiger partial charge in [-0.1, -0.05) is 19.1 Å². The van der Waals surface area contributed by atoms with Gasteiger partial charge in [0, 0.05) is 53.3 Å². The maximum absolute atomic E-state index is 11.8. The highest BCUT2D eigenvalue weighted by molar-refractivity contribution is 5.97. The molecule has 3 N–H and O–H groups in total. The molecule has 170 valence electrons. The topological polar surface area (TPSA) is 125 Å². The number of aromatic amines is 2. The van der Waals surface area contributed by atoms with Crippen LogP contribution in [0.1, 0.15) is 13.3 Å². The van der Waals surface area contributed by atoms with Crippen LogP contribution in [0.25, 0.3) is 55.8 Å². The number of anilines is 1. The van der Waals surface area contributed by atoms with Crippen LogP contribution < -0.4 is 5.32 Å². The minimum Gasteiger partial charge on any atom is -0.335 e. The molecule has 5 heterocycles. The Hall–Kier alpha value is -4.92. The standard InChI is InChI=1S/C26H20N8O/c1-2-22(35)30-18-10-17(13-28-14-18)15-5-6-21-20(11-15)24(34-33-21)26-31-23-19(7-9-29-25(23)32-26)16-4-3-8-27-12-16/h3-14H,2H2,1H3,(H,30,35)(H,33,34)(H,29,31,32). The molecule has 6 aromatic rings. The first-order chi connectivity index (χ1) is 17.2. The van der Waals surface area contributed by atoms with Gasteiger partial charge in [-0.15, -0.1) is 0 Å². The third-order valence-corrected chi connectivity index (χ3v) is 5.83. The van der Waals surface area contributed by atoms with Crippen molar-refractivity contribution in [3.8, 4) is 33.8 Å². The summed E-state index contributed by atoms with van der Waals surface area (Å²) >= 11 is 0. The van der Waals surface area contributed by atoms with Gasteiger partial charge in [-0.05, 0) is 35.9 Å². The molecular formula is C26H20N8O. The van der Waals surface area contributed by atoms with Crippen molar-refractivity contribution in [3.63, 3.8) is 0 Å². The molecule has 0 unspecified atom stereocenters. The number of carbonyl (C=O) groups excluding carboxylic acids is 1. The van der Waals surface area contributed by atoms with E-state index in [-0.39, 0.29) is 5.91 Å². The molecule has 0 saturated heterocycles. The van der Waals surface area contributed by atoms with E-state index in [1.165, 1.54) is 0 Å². The molecule has 35 heavy (non-hydrogen) atoms. The third kappa shape index (κ3) is 3.78. The number of amides is 1. The zero-order valence-corrected chi connectivity index (χ0v) is 18.8. The van der Waals surface area contributed by atoms with E-state index < -0.39 is 0 Å². The molecule has 0 bridgehead atoms. The normalized spacial score (nSPS) is 11.2. The number of fused-ring (bicyclic) bond motifs is 2. The van der Waals surface area contributed by atoms with Crippen molar-refractivity contribution in [1.29, 1.82) is 0 Å². The fraction of sp³-hybridized carbons (Fsp3) is 0.0769. The van der Waals surface area contributed by atoms with Crippen LogP contribution in [0.3, 0.4) is 0 Å². The van der Waals surface area contributed by atoms with Crippen molar-refractivity contribution < 1.29 is 4.79 Å². The van der Waals surface area contributed by atoms with Crippen LogP contribution in [0.4, 0.5) is 5.69 Å². The molecule has 0 aliphatic carbocycles. The molecule has 9 heteroatoms. The minimum absolute atomic E-state index is 0.0549. The molecule has 0 fully saturated rings. The third-order valence-electron chi connectivity index (χ3n) is 5.83. The summed E-state index contributed by atoms with van der Waals surface area (Å²) < 4.78 is 0. The molecule has 0 saturated carbocycles. The molecule has 1 aromatic carbocycles. The first-order valence-corrected chi connectivity index (χ1v) is 11.2. The van der Waals surface area contributed by atoms with E-state index >= 15 is 0 Å². The first kappa shape index (κ1) is 20.7. The van der Waals surface area contributed by atoms with Crippen molar-refractivity contribution in [2.24, 2.45) is 0 Å². The number of hydrogen-bond acceptors (Lipinski definition) is 6. The van der Waals surface area contributed by atoms with Gasteiger partial charge in [-0.25, -0.2) is 9.97 Å². The second kappa shape index (κ2) is 8.45. The number of rotatable bonds is 5. The lowest BCUT2D eigenvalue weighted by molar-refractivity contribution is -0.115.